The summed E-state index contributed by atoms with van der Waals surface area (Å²) in [6.07, 6.45) is 3.12. The number of carbonyl (C=O) groups is 1. The van der Waals surface area contributed by atoms with E-state index in [2.05, 4.69) is 11.0 Å². The van der Waals surface area contributed by atoms with E-state index in [0.717, 1.165) is 0 Å². The summed E-state index contributed by atoms with van der Waals surface area (Å²) in [5.74, 6) is 0.218. The number of hydrogen-bond acceptors (Lipinski definition) is 8. The van der Waals surface area contributed by atoms with Crippen LogP contribution >= 0.6 is 24.0 Å². The second-order valence-corrected chi connectivity index (χ2v) is 11.1. The lowest BCUT2D eigenvalue weighted by atomic mass is 10.0. The maximum absolute atomic E-state index is 14.4. The number of rotatable bonds is 9. The highest BCUT2D eigenvalue weighted by atomic mass is 32.2. The van der Waals surface area contributed by atoms with Gasteiger partial charge in [0.25, 0.3) is 11.5 Å². The van der Waals surface area contributed by atoms with E-state index in [1.807, 2.05) is 17.9 Å². The van der Waals surface area contributed by atoms with Crippen molar-refractivity contribution in [3.63, 3.8) is 0 Å². The number of amides is 1. The number of nitriles is 1. The minimum atomic E-state index is -0.340. The average Bonchev–Trinajstić information content (AvgIpc) is 3.20. The van der Waals surface area contributed by atoms with E-state index < -0.39 is 0 Å². The molecule has 0 atom stereocenters. The van der Waals surface area contributed by atoms with Crippen molar-refractivity contribution in [2.24, 2.45) is 0 Å². The average molecular weight is 570 g/mol. The van der Waals surface area contributed by atoms with E-state index in [0.29, 0.717) is 90.6 Å². The van der Waals surface area contributed by atoms with E-state index in [9.17, 15) is 19.2 Å². The van der Waals surface area contributed by atoms with E-state index in [4.69, 9.17) is 17.0 Å². The zero-order valence-electron chi connectivity index (χ0n) is 22.4. The number of carbonyl (C=O) groups excluding carboxylic acids is 1. The van der Waals surface area contributed by atoms with Gasteiger partial charge in [-0.3, -0.25) is 19.1 Å². The molecule has 39 heavy (non-hydrogen) atoms. The SMILES string of the molecule is CCCn1c(N2CCN(c3ccccc3F)CC2)c(/C=C2\SC(=S)N(CCCOC)C2=O)c(C)c(C#N)c1=O. The Labute approximate surface area is 237 Å². The first-order valence-corrected chi connectivity index (χ1v) is 14.2. The lowest BCUT2D eigenvalue weighted by Gasteiger charge is -2.39. The van der Waals surface area contributed by atoms with Crippen LogP contribution in [0.3, 0.4) is 0 Å². The Kier molecular flexibility index (Phi) is 9.43. The number of para-hydroxylation sites is 1. The number of piperazine rings is 1. The van der Waals surface area contributed by atoms with Gasteiger partial charge in [-0.2, -0.15) is 5.26 Å². The van der Waals surface area contributed by atoms with E-state index >= 15 is 0 Å². The zero-order valence-corrected chi connectivity index (χ0v) is 24.0. The predicted molar refractivity (Wildman–Crippen MR) is 158 cm³/mol. The molecule has 0 unspecified atom stereocenters. The molecule has 11 heteroatoms. The number of pyridine rings is 1. The van der Waals surface area contributed by atoms with Crippen molar-refractivity contribution in [3.8, 4) is 6.07 Å². The molecule has 4 rings (SSSR count). The van der Waals surface area contributed by atoms with Crippen molar-refractivity contribution in [3.05, 3.63) is 62.0 Å². The van der Waals surface area contributed by atoms with Crippen LogP contribution in [0, 0.1) is 24.1 Å². The van der Waals surface area contributed by atoms with Gasteiger partial charge in [0.15, 0.2) is 0 Å². The Bertz CT molecular complexity index is 1390. The van der Waals surface area contributed by atoms with E-state index in [1.165, 1.54) is 17.8 Å². The number of anilines is 2. The van der Waals surface area contributed by atoms with Gasteiger partial charge in [0.1, 0.15) is 27.6 Å². The number of halogens is 1. The number of methoxy groups -OCH3 is 1. The predicted octanol–water partition coefficient (Wildman–Crippen LogP) is 4.14. The summed E-state index contributed by atoms with van der Waals surface area (Å²) in [5.41, 5.74) is 1.48. The van der Waals surface area contributed by atoms with Crippen LogP contribution in [0.25, 0.3) is 6.08 Å². The molecule has 206 valence electrons. The molecule has 2 fully saturated rings. The fourth-order valence-corrected chi connectivity index (χ4v) is 6.26. The molecule has 2 aliphatic rings. The summed E-state index contributed by atoms with van der Waals surface area (Å²) >= 11 is 6.71. The standard InChI is InChI=1S/C28H32FN5O3S2/c1-4-10-33-25(32-14-12-31(13-15-32)23-9-6-5-8-22(23)29)20(19(2)21(18-30)26(33)35)17-24-27(36)34(28(38)39-24)11-7-16-37-3/h5-6,8-9,17H,4,7,10-16H2,1-3H3/b24-17-. The summed E-state index contributed by atoms with van der Waals surface area (Å²) in [6, 6.07) is 8.79. The van der Waals surface area contributed by atoms with E-state index in [1.54, 1.807) is 41.7 Å². The van der Waals surface area contributed by atoms with Crippen molar-refractivity contribution in [2.45, 2.75) is 33.2 Å². The van der Waals surface area contributed by atoms with Gasteiger partial charge in [-0.1, -0.05) is 43.0 Å². The molecule has 0 N–H and O–H groups in total. The highest BCUT2D eigenvalue weighted by Gasteiger charge is 2.33. The van der Waals surface area contributed by atoms with Gasteiger partial charge in [-0.05, 0) is 43.5 Å². The summed E-state index contributed by atoms with van der Waals surface area (Å²) in [5, 5.41) is 9.87. The lowest BCUT2D eigenvalue weighted by molar-refractivity contribution is -0.122. The third kappa shape index (κ3) is 5.88. The van der Waals surface area contributed by atoms with Crippen LogP contribution in [0.5, 0.6) is 0 Å². The van der Waals surface area contributed by atoms with E-state index in [-0.39, 0.29) is 22.8 Å². The van der Waals surface area contributed by atoms with Crippen molar-refractivity contribution in [1.82, 2.24) is 9.47 Å². The van der Waals surface area contributed by atoms with Crippen LogP contribution in [0.2, 0.25) is 0 Å². The summed E-state index contributed by atoms with van der Waals surface area (Å²) in [4.78, 5) is 32.9. The highest BCUT2D eigenvalue weighted by molar-refractivity contribution is 8.26. The normalized spacial score (nSPS) is 16.9. The number of benzene rings is 1. The van der Waals surface area contributed by atoms with Crippen molar-refractivity contribution in [2.75, 3.05) is 56.2 Å². The number of nitrogens with zero attached hydrogens (tertiary/aromatic N) is 5. The van der Waals surface area contributed by atoms with Gasteiger partial charge < -0.3 is 14.5 Å². The van der Waals surface area contributed by atoms with Crippen LogP contribution in [-0.4, -0.2) is 66.1 Å². The number of thiocarbonyl (C=S) groups is 1. The van der Waals surface area contributed by atoms with Crippen molar-refractivity contribution >= 4 is 51.8 Å². The van der Waals surface area contributed by atoms with Gasteiger partial charge >= 0.3 is 0 Å². The Hall–Kier alpha value is -3.20. The summed E-state index contributed by atoms with van der Waals surface area (Å²) in [6.45, 7) is 7.33. The smallest absolute Gasteiger partial charge is 0.270 e. The fourth-order valence-electron chi connectivity index (χ4n) is 4.97. The molecule has 0 saturated carbocycles. The number of hydrogen-bond donors (Lipinski definition) is 0. The molecule has 0 aliphatic carbocycles. The third-order valence-electron chi connectivity index (χ3n) is 6.95. The van der Waals surface area contributed by atoms with Crippen LogP contribution in [0.4, 0.5) is 15.9 Å². The summed E-state index contributed by atoms with van der Waals surface area (Å²) in [7, 11) is 1.61. The molecule has 8 nitrogen and oxygen atoms in total. The Morgan fingerprint density at radius 3 is 2.49 bits per heavy atom. The van der Waals surface area contributed by atoms with Gasteiger partial charge in [0.2, 0.25) is 0 Å². The monoisotopic (exact) mass is 569 g/mol. The molecule has 0 spiro atoms. The molecule has 2 aromatic rings. The topological polar surface area (TPSA) is 81.8 Å². The summed E-state index contributed by atoms with van der Waals surface area (Å²) < 4.78 is 21.7. The van der Waals surface area contributed by atoms with Crippen molar-refractivity contribution in [1.29, 1.82) is 5.26 Å². The molecule has 1 aromatic carbocycles. The third-order valence-corrected chi connectivity index (χ3v) is 8.32. The highest BCUT2D eigenvalue weighted by Crippen LogP contribution is 2.36. The molecule has 2 saturated heterocycles. The van der Waals surface area contributed by atoms with Crippen LogP contribution in [0.1, 0.15) is 36.5 Å². The van der Waals surface area contributed by atoms with Crippen LogP contribution < -0.4 is 15.4 Å². The second-order valence-electron chi connectivity index (χ2n) is 9.41. The van der Waals surface area contributed by atoms with Gasteiger partial charge in [0.05, 0.1) is 10.6 Å². The largest absolute Gasteiger partial charge is 0.385 e. The minimum Gasteiger partial charge on any atom is -0.385 e. The maximum Gasteiger partial charge on any atom is 0.270 e. The Morgan fingerprint density at radius 1 is 1.15 bits per heavy atom. The lowest BCUT2D eigenvalue weighted by Crippen LogP contribution is -2.49. The Morgan fingerprint density at radius 2 is 1.85 bits per heavy atom. The molecule has 1 aromatic heterocycles. The second kappa shape index (κ2) is 12.8. The molecule has 0 bridgehead atoms. The number of ether oxygens (including phenoxy) is 1. The first-order valence-electron chi connectivity index (χ1n) is 13.0. The van der Waals surface area contributed by atoms with Crippen molar-refractivity contribution < 1.29 is 13.9 Å². The number of aromatic nitrogens is 1. The minimum absolute atomic E-state index is 0.0685. The van der Waals surface area contributed by atoms with Gasteiger partial charge in [-0.25, -0.2) is 4.39 Å². The molecule has 3 heterocycles. The van der Waals surface area contributed by atoms with Gasteiger partial charge in [0, 0.05) is 58.5 Å². The molecular formula is C28H32FN5O3S2. The molecule has 2 aliphatic heterocycles. The van der Waals surface area contributed by atoms with Crippen LogP contribution in [-0.2, 0) is 16.1 Å². The molecule has 0 radical (unpaired) electrons. The maximum atomic E-state index is 14.4. The quantitative estimate of drug-likeness (QED) is 0.253. The first kappa shape index (κ1) is 28.8. The molecular weight excluding hydrogens is 537 g/mol. The Balaban J connectivity index is 1.75. The van der Waals surface area contributed by atoms with Gasteiger partial charge in [-0.15, -0.1) is 0 Å². The molecule has 1 amide bonds. The van der Waals surface area contributed by atoms with Crippen LogP contribution in [0.15, 0.2) is 34.0 Å². The zero-order chi connectivity index (χ0) is 28.1. The fraction of sp³-hybridized carbons (Fsp3) is 0.429. The first-order chi connectivity index (χ1) is 18.8. The number of thioether (sulfide) groups is 1.